The first-order valence-corrected chi connectivity index (χ1v) is 7.94. The molecule has 2 N–H and O–H groups in total. The van der Waals surface area contributed by atoms with Crippen LogP contribution in [0.15, 0.2) is 23.2 Å². The molecule has 138 valence electrons. The molecule has 0 aliphatic heterocycles. The molecule has 1 aromatic rings. The Bertz CT molecular complexity index is 484. The minimum Gasteiger partial charge on any atom is -0.491 e. The standard InChI is InChI=1S/C17H29N3O3.HI/c1-5-22-9-8-19-17(18-3)20-13-15-7-6-14(2)12-16(15)23-11-10-21-4;/h6-7,12H,5,8-11,13H2,1-4H3,(H2,18,19,20);1H. The molecule has 0 bridgehead atoms. The summed E-state index contributed by atoms with van der Waals surface area (Å²) in [5.74, 6) is 1.62. The van der Waals surface area contributed by atoms with Crippen LogP contribution in [0.3, 0.4) is 0 Å². The van der Waals surface area contributed by atoms with Crippen molar-refractivity contribution in [1.82, 2.24) is 10.6 Å². The first-order chi connectivity index (χ1) is 11.2. The summed E-state index contributed by atoms with van der Waals surface area (Å²) in [5, 5.41) is 6.50. The smallest absolute Gasteiger partial charge is 0.191 e. The zero-order valence-electron chi connectivity index (χ0n) is 15.1. The van der Waals surface area contributed by atoms with Gasteiger partial charge in [0.1, 0.15) is 12.4 Å². The van der Waals surface area contributed by atoms with Gasteiger partial charge in [-0.1, -0.05) is 12.1 Å². The third kappa shape index (κ3) is 9.29. The molecule has 0 radical (unpaired) electrons. The van der Waals surface area contributed by atoms with Crippen LogP contribution in [0.5, 0.6) is 5.75 Å². The van der Waals surface area contributed by atoms with Gasteiger partial charge >= 0.3 is 0 Å². The third-order valence-corrected chi connectivity index (χ3v) is 3.18. The van der Waals surface area contributed by atoms with Gasteiger partial charge in [-0.15, -0.1) is 24.0 Å². The zero-order chi connectivity index (χ0) is 16.9. The molecule has 0 unspecified atom stereocenters. The predicted octanol–water partition coefficient (Wildman–Crippen LogP) is 2.34. The molecular weight excluding hydrogens is 421 g/mol. The van der Waals surface area contributed by atoms with Gasteiger partial charge in [-0.25, -0.2) is 0 Å². The zero-order valence-corrected chi connectivity index (χ0v) is 17.4. The number of aryl methyl sites for hydroxylation is 1. The molecule has 0 aliphatic rings. The van der Waals surface area contributed by atoms with Crippen LogP contribution in [0.25, 0.3) is 0 Å². The van der Waals surface area contributed by atoms with E-state index in [1.165, 1.54) is 5.56 Å². The molecule has 0 spiro atoms. The van der Waals surface area contributed by atoms with E-state index >= 15 is 0 Å². The van der Waals surface area contributed by atoms with Crippen molar-refractivity contribution in [1.29, 1.82) is 0 Å². The average Bonchev–Trinajstić information content (AvgIpc) is 2.56. The Hall–Kier alpha value is -1.06. The number of guanidine groups is 1. The highest BCUT2D eigenvalue weighted by Crippen LogP contribution is 2.20. The Morgan fingerprint density at radius 1 is 1.17 bits per heavy atom. The van der Waals surface area contributed by atoms with Gasteiger partial charge in [0.15, 0.2) is 5.96 Å². The third-order valence-electron chi connectivity index (χ3n) is 3.18. The summed E-state index contributed by atoms with van der Waals surface area (Å²) in [7, 11) is 3.42. The lowest BCUT2D eigenvalue weighted by molar-refractivity contribution is 0.145. The number of benzene rings is 1. The van der Waals surface area contributed by atoms with Gasteiger partial charge in [-0.05, 0) is 25.5 Å². The predicted molar refractivity (Wildman–Crippen MR) is 109 cm³/mol. The van der Waals surface area contributed by atoms with Gasteiger partial charge in [-0.2, -0.15) is 0 Å². The monoisotopic (exact) mass is 451 g/mol. The highest BCUT2D eigenvalue weighted by atomic mass is 127. The number of ether oxygens (including phenoxy) is 3. The van der Waals surface area contributed by atoms with E-state index in [-0.39, 0.29) is 24.0 Å². The van der Waals surface area contributed by atoms with Crippen molar-refractivity contribution in [2.24, 2.45) is 4.99 Å². The highest BCUT2D eigenvalue weighted by Gasteiger charge is 2.06. The maximum atomic E-state index is 5.79. The van der Waals surface area contributed by atoms with Crippen LogP contribution in [0.4, 0.5) is 0 Å². The van der Waals surface area contributed by atoms with Crippen LogP contribution in [0.1, 0.15) is 18.1 Å². The molecule has 0 aliphatic carbocycles. The van der Waals surface area contributed by atoms with Crippen molar-refractivity contribution in [2.75, 3.05) is 47.1 Å². The van der Waals surface area contributed by atoms with E-state index in [9.17, 15) is 0 Å². The maximum Gasteiger partial charge on any atom is 0.191 e. The fourth-order valence-corrected chi connectivity index (χ4v) is 1.96. The first-order valence-electron chi connectivity index (χ1n) is 7.94. The normalized spacial score (nSPS) is 10.9. The summed E-state index contributed by atoms with van der Waals surface area (Å²) in [6.45, 7) is 7.88. The number of nitrogens with zero attached hydrogens (tertiary/aromatic N) is 1. The lowest BCUT2D eigenvalue weighted by Gasteiger charge is -2.15. The van der Waals surface area contributed by atoms with E-state index in [1.54, 1.807) is 14.2 Å². The molecular formula is C17H30IN3O3. The lowest BCUT2D eigenvalue weighted by atomic mass is 10.1. The number of hydrogen-bond donors (Lipinski definition) is 2. The summed E-state index contributed by atoms with van der Waals surface area (Å²) in [5.41, 5.74) is 2.25. The largest absolute Gasteiger partial charge is 0.491 e. The quantitative estimate of drug-likeness (QED) is 0.248. The van der Waals surface area contributed by atoms with Crippen LogP contribution < -0.4 is 15.4 Å². The highest BCUT2D eigenvalue weighted by molar-refractivity contribution is 14.0. The second-order valence-electron chi connectivity index (χ2n) is 5.00. The molecule has 1 aromatic carbocycles. The van der Waals surface area contributed by atoms with E-state index in [0.29, 0.717) is 26.4 Å². The number of aliphatic imine (C=N–C) groups is 1. The van der Waals surface area contributed by atoms with Gasteiger partial charge in [0.25, 0.3) is 0 Å². The van der Waals surface area contributed by atoms with Crippen molar-refractivity contribution < 1.29 is 14.2 Å². The van der Waals surface area contributed by atoms with E-state index in [0.717, 1.165) is 30.4 Å². The second-order valence-corrected chi connectivity index (χ2v) is 5.00. The minimum atomic E-state index is 0. The van der Waals surface area contributed by atoms with Crippen molar-refractivity contribution in [3.63, 3.8) is 0 Å². The molecule has 0 saturated carbocycles. The SMILES string of the molecule is CCOCCNC(=NC)NCc1ccc(C)cc1OCCOC.I. The molecule has 0 aromatic heterocycles. The maximum absolute atomic E-state index is 5.79. The van der Waals surface area contributed by atoms with Crippen molar-refractivity contribution >= 4 is 29.9 Å². The van der Waals surface area contributed by atoms with Gasteiger partial charge in [0.05, 0.1) is 13.2 Å². The molecule has 24 heavy (non-hydrogen) atoms. The minimum absolute atomic E-state index is 0. The number of methoxy groups -OCH3 is 1. The van der Waals surface area contributed by atoms with Gasteiger partial charge in [-0.3, -0.25) is 4.99 Å². The molecule has 6 nitrogen and oxygen atoms in total. The summed E-state index contributed by atoms with van der Waals surface area (Å²) in [6, 6.07) is 6.18. The molecule has 0 saturated heterocycles. The van der Waals surface area contributed by atoms with Crippen molar-refractivity contribution in [2.45, 2.75) is 20.4 Å². The van der Waals surface area contributed by atoms with Crippen molar-refractivity contribution in [3.05, 3.63) is 29.3 Å². The first kappa shape index (κ1) is 22.9. The Balaban J connectivity index is 0.00000529. The van der Waals surface area contributed by atoms with E-state index in [2.05, 4.69) is 34.7 Å². The Kier molecular flexibility index (Phi) is 13.7. The van der Waals surface area contributed by atoms with Crippen molar-refractivity contribution in [3.8, 4) is 5.75 Å². The van der Waals surface area contributed by atoms with E-state index < -0.39 is 0 Å². The lowest BCUT2D eigenvalue weighted by Crippen LogP contribution is -2.38. The summed E-state index contributed by atoms with van der Waals surface area (Å²) in [4.78, 5) is 4.20. The Morgan fingerprint density at radius 3 is 2.62 bits per heavy atom. The van der Waals surface area contributed by atoms with Crippen LogP contribution in [0, 0.1) is 6.92 Å². The molecule has 0 atom stereocenters. The molecule has 0 amide bonds. The molecule has 7 heteroatoms. The molecule has 0 fully saturated rings. The van der Waals surface area contributed by atoms with E-state index in [1.807, 2.05) is 13.0 Å². The average molecular weight is 451 g/mol. The topological polar surface area (TPSA) is 64.1 Å². The van der Waals surface area contributed by atoms with E-state index in [4.69, 9.17) is 14.2 Å². The second kappa shape index (κ2) is 14.3. The van der Waals surface area contributed by atoms with Gasteiger partial charge < -0.3 is 24.8 Å². The summed E-state index contributed by atoms with van der Waals surface area (Å²) >= 11 is 0. The van der Waals surface area contributed by atoms with Crippen LogP contribution >= 0.6 is 24.0 Å². The molecule has 1 rings (SSSR count). The fourth-order valence-electron chi connectivity index (χ4n) is 1.96. The Labute approximate surface area is 162 Å². The molecule has 0 heterocycles. The van der Waals surface area contributed by atoms with Crippen LogP contribution in [-0.4, -0.2) is 53.1 Å². The van der Waals surface area contributed by atoms with Crippen LogP contribution in [-0.2, 0) is 16.0 Å². The Morgan fingerprint density at radius 2 is 1.96 bits per heavy atom. The number of hydrogen-bond acceptors (Lipinski definition) is 4. The van der Waals surface area contributed by atoms with Gasteiger partial charge in [0.2, 0.25) is 0 Å². The number of rotatable bonds is 10. The number of halogens is 1. The van der Waals surface area contributed by atoms with Gasteiger partial charge in [0, 0.05) is 39.4 Å². The van der Waals surface area contributed by atoms with Crippen LogP contribution in [0.2, 0.25) is 0 Å². The fraction of sp³-hybridized carbons (Fsp3) is 0.588. The summed E-state index contributed by atoms with van der Waals surface area (Å²) < 4.78 is 16.1. The summed E-state index contributed by atoms with van der Waals surface area (Å²) in [6.07, 6.45) is 0. The number of nitrogens with one attached hydrogen (secondary N) is 2.